The van der Waals surface area contributed by atoms with Gasteiger partial charge in [-0.05, 0) is 38.6 Å². The van der Waals surface area contributed by atoms with Gasteiger partial charge in [0.05, 0.1) is 17.7 Å². The quantitative estimate of drug-likeness (QED) is 0.770. The summed E-state index contributed by atoms with van der Waals surface area (Å²) < 4.78 is 10.8. The summed E-state index contributed by atoms with van der Waals surface area (Å²) in [5.74, 6) is 0.574. The second-order valence-electron chi connectivity index (χ2n) is 4.64. The molecular weight excluding hydrogens is 266 g/mol. The van der Waals surface area contributed by atoms with Crippen LogP contribution in [0.25, 0.3) is 0 Å². The number of aliphatic hydroxyl groups is 1. The number of halogens is 1. The third kappa shape index (κ3) is 6.25. The van der Waals surface area contributed by atoms with Gasteiger partial charge in [0, 0.05) is 6.54 Å². The zero-order valence-electron chi connectivity index (χ0n) is 11.6. The fourth-order valence-corrected chi connectivity index (χ4v) is 1.77. The van der Waals surface area contributed by atoms with E-state index in [0.29, 0.717) is 10.8 Å². The van der Waals surface area contributed by atoms with Gasteiger partial charge in [-0.1, -0.05) is 17.7 Å². The Morgan fingerprint density at radius 2 is 2.05 bits per heavy atom. The molecule has 108 valence electrons. The van der Waals surface area contributed by atoms with Gasteiger partial charge in [-0.15, -0.1) is 0 Å². The van der Waals surface area contributed by atoms with Crippen LogP contribution in [-0.2, 0) is 11.3 Å². The summed E-state index contributed by atoms with van der Waals surface area (Å²) in [4.78, 5) is 0. The molecule has 0 heterocycles. The summed E-state index contributed by atoms with van der Waals surface area (Å²) in [6.45, 7) is 5.02. The molecular formula is C14H22ClNO3. The van der Waals surface area contributed by atoms with Crippen molar-refractivity contribution in [1.82, 2.24) is 5.32 Å². The monoisotopic (exact) mass is 287 g/mol. The summed E-state index contributed by atoms with van der Waals surface area (Å²) >= 11 is 6.11. The number of hydrogen-bond donors (Lipinski definition) is 2. The molecule has 1 rings (SSSR count). The third-order valence-electron chi connectivity index (χ3n) is 2.43. The average molecular weight is 288 g/mol. The van der Waals surface area contributed by atoms with Gasteiger partial charge in [0.25, 0.3) is 0 Å². The second-order valence-corrected chi connectivity index (χ2v) is 5.05. The number of nitrogens with one attached hydrogen (secondary N) is 1. The van der Waals surface area contributed by atoms with Crippen molar-refractivity contribution in [1.29, 1.82) is 0 Å². The normalized spacial score (nSPS) is 12.7. The van der Waals surface area contributed by atoms with Gasteiger partial charge < -0.3 is 19.9 Å². The number of aliphatic hydroxyl groups excluding tert-OH is 1. The van der Waals surface area contributed by atoms with Gasteiger partial charge in [0.2, 0.25) is 0 Å². The SMILES string of the molecule is CNCc1ccc(OCC(O)COC(C)C)c(Cl)c1. The minimum atomic E-state index is -0.657. The molecule has 5 heteroatoms. The highest BCUT2D eigenvalue weighted by atomic mass is 35.5. The minimum Gasteiger partial charge on any atom is -0.489 e. The molecule has 1 unspecified atom stereocenters. The van der Waals surface area contributed by atoms with E-state index in [4.69, 9.17) is 21.1 Å². The Morgan fingerprint density at radius 1 is 1.32 bits per heavy atom. The van der Waals surface area contributed by atoms with E-state index >= 15 is 0 Å². The van der Waals surface area contributed by atoms with Gasteiger partial charge in [-0.25, -0.2) is 0 Å². The van der Waals surface area contributed by atoms with Crippen LogP contribution in [0.5, 0.6) is 5.75 Å². The van der Waals surface area contributed by atoms with Crippen molar-refractivity contribution < 1.29 is 14.6 Å². The first kappa shape index (κ1) is 16.2. The van der Waals surface area contributed by atoms with Gasteiger partial charge in [0.1, 0.15) is 18.5 Å². The van der Waals surface area contributed by atoms with Crippen LogP contribution >= 0.6 is 11.6 Å². The lowest BCUT2D eigenvalue weighted by molar-refractivity contribution is -0.0122. The molecule has 0 aromatic heterocycles. The lowest BCUT2D eigenvalue weighted by Crippen LogP contribution is -2.25. The van der Waals surface area contributed by atoms with Crippen molar-refractivity contribution in [3.8, 4) is 5.75 Å². The maximum Gasteiger partial charge on any atom is 0.138 e. The number of ether oxygens (including phenoxy) is 2. The average Bonchev–Trinajstić information content (AvgIpc) is 2.35. The van der Waals surface area contributed by atoms with Crippen molar-refractivity contribution in [2.45, 2.75) is 32.6 Å². The number of hydrogen-bond acceptors (Lipinski definition) is 4. The number of rotatable bonds is 8. The molecule has 0 bridgehead atoms. The first-order valence-electron chi connectivity index (χ1n) is 6.38. The zero-order chi connectivity index (χ0) is 14.3. The lowest BCUT2D eigenvalue weighted by atomic mass is 10.2. The highest BCUT2D eigenvalue weighted by Gasteiger charge is 2.09. The summed E-state index contributed by atoms with van der Waals surface area (Å²) in [5.41, 5.74) is 1.09. The van der Waals surface area contributed by atoms with E-state index in [1.165, 1.54) is 0 Å². The molecule has 0 radical (unpaired) electrons. The van der Waals surface area contributed by atoms with Crippen LogP contribution in [0.2, 0.25) is 5.02 Å². The van der Waals surface area contributed by atoms with Gasteiger partial charge in [-0.3, -0.25) is 0 Å². The number of benzene rings is 1. The molecule has 0 fully saturated rings. The highest BCUT2D eigenvalue weighted by molar-refractivity contribution is 6.32. The van der Waals surface area contributed by atoms with Crippen molar-refractivity contribution >= 4 is 11.6 Å². The van der Waals surface area contributed by atoms with E-state index in [9.17, 15) is 5.11 Å². The maximum atomic E-state index is 9.69. The minimum absolute atomic E-state index is 0.0964. The van der Waals surface area contributed by atoms with Gasteiger partial charge in [-0.2, -0.15) is 0 Å². The summed E-state index contributed by atoms with van der Waals surface area (Å²) in [7, 11) is 1.88. The second kappa shape index (κ2) is 8.38. The summed E-state index contributed by atoms with van der Waals surface area (Å²) in [6, 6.07) is 5.60. The predicted molar refractivity (Wildman–Crippen MR) is 76.8 cm³/mol. The maximum absolute atomic E-state index is 9.69. The molecule has 4 nitrogen and oxygen atoms in total. The lowest BCUT2D eigenvalue weighted by Gasteiger charge is -2.15. The first-order valence-corrected chi connectivity index (χ1v) is 6.76. The van der Waals surface area contributed by atoms with Gasteiger partial charge in [0.15, 0.2) is 0 Å². The van der Waals surface area contributed by atoms with Gasteiger partial charge >= 0.3 is 0 Å². The Hall–Kier alpha value is -0.810. The highest BCUT2D eigenvalue weighted by Crippen LogP contribution is 2.25. The molecule has 0 amide bonds. The fourth-order valence-electron chi connectivity index (χ4n) is 1.51. The van der Waals surface area contributed by atoms with E-state index in [-0.39, 0.29) is 19.3 Å². The van der Waals surface area contributed by atoms with E-state index in [1.54, 1.807) is 0 Å². The molecule has 0 saturated heterocycles. The molecule has 1 atom stereocenters. The molecule has 19 heavy (non-hydrogen) atoms. The standard InChI is InChI=1S/C14H22ClNO3/c1-10(2)18-8-12(17)9-19-14-5-4-11(7-16-3)6-13(14)15/h4-6,10,12,16-17H,7-9H2,1-3H3. The van der Waals surface area contributed by atoms with Crippen molar-refractivity contribution in [3.63, 3.8) is 0 Å². The van der Waals surface area contributed by atoms with Crippen LogP contribution in [0.4, 0.5) is 0 Å². The fraction of sp³-hybridized carbons (Fsp3) is 0.571. The smallest absolute Gasteiger partial charge is 0.138 e. The van der Waals surface area contributed by atoms with Crippen molar-refractivity contribution in [3.05, 3.63) is 28.8 Å². The molecule has 1 aromatic carbocycles. The molecule has 0 aliphatic heterocycles. The molecule has 0 aliphatic rings. The van der Waals surface area contributed by atoms with E-state index in [0.717, 1.165) is 12.1 Å². The molecule has 0 saturated carbocycles. The Kier molecular flexibility index (Phi) is 7.16. The summed E-state index contributed by atoms with van der Waals surface area (Å²) in [5, 5.41) is 13.3. The Labute approximate surface area is 119 Å². The van der Waals surface area contributed by atoms with Crippen LogP contribution in [-0.4, -0.2) is 37.6 Å². The summed E-state index contributed by atoms with van der Waals surface area (Å²) in [6.07, 6.45) is -0.561. The predicted octanol–water partition coefficient (Wildman–Crippen LogP) is 2.22. The Bertz CT molecular complexity index is 385. The van der Waals surface area contributed by atoms with E-state index < -0.39 is 6.10 Å². The third-order valence-corrected chi connectivity index (χ3v) is 2.73. The Balaban J connectivity index is 2.44. The topological polar surface area (TPSA) is 50.7 Å². The Morgan fingerprint density at radius 3 is 2.63 bits per heavy atom. The van der Waals surface area contributed by atoms with Crippen molar-refractivity contribution in [2.75, 3.05) is 20.3 Å². The molecule has 1 aromatic rings. The van der Waals surface area contributed by atoms with E-state index in [1.807, 2.05) is 39.1 Å². The first-order chi connectivity index (χ1) is 9.02. The zero-order valence-corrected chi connectivity index (χ0v) is 12.4. The van der Waals surface area contributed by atoms with E-state index in [2.05, 4.69) is 5.32 Å². The largest absolute Gasteiger partial charge is 0.489 e. The van der Waals surface area contributed by atoms with Crippen LogP contribution in [0.3, 0.4) is 0 Å². The molecule has 2 N–H and O–H groups in total. The molecule has 0 spiro atoms. The van der Waals surface area contributed by atoms with Crippen LogP contribution in [0, 0.1) is 0 Å². The molecule has 0 aliphatic carbocycles. The van der Waals surface area contributed by atoms with Crippen LogP contribution < -0.4 is 10.1 Å². The van der Waals surface area contributed by atoms with Crippen molar-refractivity contribution in [2.24, 2.45) is 0 Å². The van der Waals surface area contributed by atoms with Crippen LogP contribution in [0.1, 0.15) is 19.4 Å². The van der Waals surface area contributed by atoms with Crippen LogP contribution in [0.15, 0.2) is 18.2 Å².